The highest BCUT2D eigenvalue weighted by molar-refractivity contribution is 6.00. The number of rotatable bonds is 5. The fourth-order valence-corrected chi connectivity index (χ4v) is 4.17. The van der Waals surface area contributed by atoms with Gasteiger partial charge in [-0.1, -0.05) is 60.5 Å². The summed E-state index contributed by atoms with van der Waals surface area (Å²) < 4.78 is 5.13. The third kappa shape index (κ3) is 3.54. The summed E-state index contributed by atoms with van der Waals surface area (Å²) in [5.74, 6) is 2.02. The number of ether oxygens (including phenoxy) is 1. The predicted molar refractivity (Wildman–Crippen MR) is 125 cm³/mol. The van der Waals surface area contributed by atoms with Crippen LogP contribution in [0.5, 0.6) is 6.01 Å². The van der Waals surface area contributed by atoms with Crippen LogP contribution in [0.25, 0.3) is 11.0 Å². The van der Waals surface area contributed by atoms with Crippen molar-refractivity contribution in [2.24, 2.45) is 0 Å². The summed E-state index contributed by atoms with van der Waals surface area (Å²) in [5.41, 5.74) is 1.66. The van der Waals surface area contributed by atoms with E-state index in [9.17, 15) is 14.7 Å². The van der Waals surface area contributed by atoms with Crippen LogP contribution in [-0.4, -0.2) is 38.5 Å². The molecule has 168 valence electrons. The average Bonchev–Trinajstić information content (AvgIpc) is 3.35. The Morgan fingerprint density at radius 2 is 1.91 bits per heavy atom. The highest BCUT2D eigenvalue weighted by atomic mass is 16.6. The SMILES string of the molecule is C#CCNC(=O)Oc1nc2ccc(C3(O)c4ccccc4C(=O)N3Cc3ccccc3)cc2[nH]1. The zero-order valence-electron chi connectivity index (χ0n) is 18.0. The number of benzene rings is 3. The molecule has 0 fully saturated rings. The van der Waals surface area contributed by atoms with Gasteiger partial charge >= 0.3 is 12.1 Å². The summed E-state index contributed by atoms with van der Waals surface area (Å²) in [6.45, 7) is 0.247. The summed E-state index contributed by atoms with van der Waals surface area (Å²) in [4.78, 5) is 33.7. The zero-order chi connectivity index (χ0) is 23.7. The Labute approximate surface area is 195 Å². The van der Waals surface area contributed by atoms with Crippen molar-refractivity contribution in [3.05, 3.63) is 95.1 Å². The standard InChI is InChI=1S/C26H20N4O4/c1-2-14-27-25(32)34-24-28-21-13-12-18(15-22(21)29-24)26(33)20-11-7-6-10-19(20)23(31)30(26)16-17-8-4-3-5-9-17/h1,3-13,15,33H,14,16H2,(H,27,32)(H,28,29). The topological polar surface area (TPSA) is 108 Å². The average molecular weight is 452 g/mol. The highest BCUT2D eigenvalue weighted by Crippen LogP contribution is 2.43. The zero-order valence-corrected chi connectivity index (χ0v) is 18.0. The molecule has 1 aliphatic heterocycles. The van der Waals surface area contributed by atoms with Crippen LogP contribution >= 0.6 is 0 Å². The normalized spacial score (nSPS) is 16.8. The molecule has 1 aromatic heterocycles. The van der Waals surface area contributed by atoms with Crippen LogP contribution in [0.15, 0.2) is 72.8 Å². The second-order valence-corrected chi connectivity index (χ2v) is 7.82. The molecular formula is C26H20N4O4. The summed E-state index contributed by atoms with van der Waals surface area (Å²) in [5, 5.41) is 14.5. The summed E-state index contributed by atoms with van der Waals surface area (Å²) in [7, 11) is 0. The smallest absolute Gasteiger partial charge is 0.375 e. The van der Waals surface area contributed by atoms with Crippen LogP contribution in [0.4, 0.5) is 4.79 Å². The number of amides is 2. The van der Waals surface area contributed by atoms with Gasteiger partial charge < -0.3 is 20.1 Å². The minimum Gasteiger partial charge on any atom is -0.375 e. The van der Waals surface area contributed by atoms with Crippen LogP contribution in [0, 0.1) is 12.3 Å². The number of hydrogen-bond donors (Lipinski definition) is 3. The van der Waals surface area contributed by atoms with E-state index in [1.165, 1.54) is 4.90 Å². The number of aromatic amines is 1. The predicted octanol–water partition coefficient (Wildman–Crippen LogP) is 3.13. The Hall–Kier alpha value is -4.61. The highest BCUT2D eigenvalue weighted by Gasteiger charge is 2.49. The van der Waals surface area contributed by atoms with Gasteiger partial charge in [0.1, 0.15) is 0 Å². The maximum atomic E-state index is 13.3. The van der Waals surface area contributed by atoms with E-state index in [0.29, 0.717) is 27.7 Å². The number of hydrogen-bond acceptors (Lipinski definition) is 5. The van der Waals surface area contributed by atoms with E-state index >= 15 is 0 Å². The van der Waals surface area contributed by atoms with Crippen LogP contribution in [0.1, 0.15) is 27.0 Å². The first-order valence-corrected chi connectivity index (χ1v) is 10.6. The van der Waals surface area contributed by atoms with Gasteiger partial charge in [-0.2, -0.15) is 4.98 Å². The van der Waals surface area contributed by atoms with Crippen molar-refractivity contribution in [2.45, 2.75) is 12.3 Å². The Kier molecular flexibility index (Phi) is 5.24. The lowest BCUT2D eigenvalue weighted by molar-refractivity contribution is -0.0542. The van der Waals surface area contributed by atoms with E-state index in [-0.39, 0.29) is 25.0 Å². The lowest BCUT2D eigenvalue weighted by Crippen LogP contribution is -2.44. The van der Waals surface area contributed by atoms with Gasteiger partial charge in [-0.3, -0.25) is 9.69 Å². The summed E-state index contributed by atoms with van der Waals surface area (Å²) >= 11 is 0. The second kappa shape index (κ2) is 8.39. The molecule has 8 nitrogen and oxygen atoms in total. The number of aliphatic hydroxyl groups is 1. The molecule has 0 aliphatic carbocycles. The molecule has 0 saturated heterocycles. The van der Waals surface area contributed by atoms with E-state index < -0.39 is 11.8 Å². The molecule has 2 heterocycles. The molecule has 0 saturated carbocycles. The van der Waals surface area contributed by atoms with E-state index in [1.807, 2.05) is 30.3 Å². The number of aromatic nitrogens is 2. The number of fused-ring (bicyclic) bond motifs is 2. The van der Waals surface area contributed by atoms with E-state index in [0.717, 1.165) is 5.56 Å². The number of nitrogens with zero attached hydrogens (tertiary/aromatic N) is 2. The first kappa shape index (κ1) is 21.2. The molecule has 34 heavy (non-hydrogen) atoms. The molecule has 1 unspecified atom stereocenters. The van der Waals surface area contributed by atoms with Crippen molar-refractivity contribution in [1.29, 1.82) is 0 Å². The monoisotopic (exact) mass is 452 g/mol. The molecule has 5 rings (SSSR count). The third-order valence-corrected chi connectivity index (χ3v) is 5.74. The molecular weight excluding hydrogens is 432 g/mol. The summed E-state index contributed by atoms with van der Waals surface area (Å²) in [6.07, 6.45) is 4.39. The number of imidazole rings is 1. The Morgan fingerprint density at radius 3 is 2.71 bits per heavy atom. The molecule has 1 atom stereocenters. The second-order valence-electron chi connectivity index (χ2n) is 7.82. The van der Waals surface area contributed by atoms with Crippen molar-refractivity contribution in [2.75, 3.05) is 6.54 Å². The van der Waals surface area contributed by atoms with Gasteiger partial charge in [0.2, 0.25) is 0 Å². The number of carbonyl (C=O) groups is 2. The maximum Gasteiger partial charge on any atom is 0.415 e. The fourth-order valence-electron chi connectivity index (χ4n) is 4.17. The molecule has 4 aromatic rings. The van der Waals surface area contributed by atoms with E-state index in [1.54, 1.807) is 42.5 Å². The van der Waals surface area contributed by atoms with Gasteiger partial charge in [-0.05, 0) is 23.8 Å². The van der Waals surface area contributed by atoms with Gasteiger partial charge in [-0.15, -0.1) is 6.42 Å². The Morgan fingerprint density at radius 1 is 1.15 bits per heavy atom. The molecule has 8 heteroatoms. The number of H-pyrrole nitrogens is 1. The van der Waals surface area contributed by atoms with Gasteiger partial charge in [0, 0.05) is 23.2 Å². The molecule has 3 aromatic carbocycles. The quantitative estimate of drug-likeness (QED) is 0.403. The van der Waals surface area contributed by atoms with Crippen LogP contribution in [0.3, 0.4) is 0 Å². The van der Waals surface area contributed by atoms with Crippen LogP contribution in [0.2, 0.25) is 0 Å². The van der Waals surface area contributed by atoms with Gasteiger partial charge in [0.05, 0.1) is 17.6 Å². The van der Waals surface area contributed by atoms with Crippen LogP contribution in [-0.2, 0) is 12.3 Å². The van der Waals surface area contributed by atoms with Crippen molar-refractivity contribution in [3.63, 3.8) is 0 Å². The molecule has 3 N–H and O–H groups in total. The van der Waals surface area contributed by atoms with Crippen molar-refractivity contribution in [3.8, 4) is 18.4 Å². The van der Waals surface area contributed by atoms with Gasteiger partial charge in [0.25, 0.3) is 5.91 Å². The molecule has 2 amide bonds. The van der Waals surface area contributed by atoms with Crippen molar-refractivity contribution in [1.82, 2.24) is 20.2 Å². The Balaban J connectivity index is 1.55. The number of terminal acetylenes is 1. The van der Waals surface area contributed by atoms with Crippen molar-refractivity contribution >= 4 is 23.0 Å². The molecule has 0 radical (unpaired) electrons. The largest absolute Gasteiger partial charge is 0.415 e. The number of carbonyl (C=O) groups excluding carboxylic acids is 2. The van der Waals surface area contributed by atoms with E-state index in [4.69, 9.17) is 11.2 Å². The van der Waals surface area contributed by atoms with Gasteiger partial charge in [-0.25, -0.2) is 4.79 Å². The summed E-state index contributed by atoms with van der Waals surface area (Å²) in [6, 6.07) is 21.6. The van der Waals surface area contributed by atoms with E-state index in [2.05, 4.69) is 21.2 Å². The first-order chi connectivity index (χ1) is 16.5. The minimum absolute atomic E-state index is 0.0160. The number of nitrogens with one attached hydrogen (secondary N) is 2. The Bertz CT molecular complexity index is 1440. The van der Waals surface area contributed by atoms with Gasteiger partial charge in [0.15, 0.2) is 5.72 Å². The third-order valence-electron chi connectivity index (χ3n) is 5.74. The van der Waals surface area contributed by atoms with Crippen LogP contribution < -0.4 is 10.1 Å². The van der Waals surface area contributed by atoms with Crippen molar-refractivity contribution < 1.29 is 19.4 Å². The molecule has 1 aliphatic rings. The lowest BCUT2D eigenvalue weighted by atomic mass is 9.93. The molecule has 0 spiro atoms. The molecule has 0 bridgehead atoms. The first-order valence-electron chi connectivity index (χ1n) is 10.6. The minimum atomic E-state index is -1.70. The lowest BCUT2D eigenvalue weighted by Gasteiger charge is -2.35. The maximum absolute atomic E-state index is 13.3. The fraction of sp³-hybridized carbons (Fsp3) is 0.115.